The van der Waals surface area contributed by atoms with Crippen LogP contribution in [0.2, 0.25) is 0 Å². The highest BCUT2D eigenvalue weighted by molar-refractivity contribution is 7.07. The fraction of sp³-hybridized carbons (Fsp3) is 0.250. The summed E-state index contributed by atoms with van der Waals surface area (Å²) in [5.41, 5.74) is 4.13. The van der Waals surface area contributed by atoms with E-state index in [1.165, 1.54) is 5.56 Å². The first-order chi connectivity index (χ1) is 14.7. The first kappa shape index (κ1) is 19.0. The lowest BCUT2D eigenvalue weighted by Gasteiger charge is -2.35. The molecule has 2 aromatic carbocycles. The number of hydrogen-bond acceptors (Lipinski definition) is 6. The van der Waals surface area contributed by atoms with Crippen molar-refractivity contribution < 1.29 is 5.11 Å². The van der Waals surface area contributed by atoms with Crippen LogP contribution in [0.5, 0.6) is 5.75 Å². The second kappa shape index (κ2) is 8.05. The van der Waals surface area contributed by atoms with Crippen LogP contribution >= 0.6 is 11.3 Å². The summed E-state index contributed by atoms with van der Waals surface area (Å²) in [6.07, 6.45) is 0. The Labute approximate surface area is 180 Å². The fourth-order valence-corrected chi connectivity index (χ4v) is 4.67. The first-order valence-electron chi connectivity index (χ1n) is 10.2. The zero-order valence-corrected chi connectivity index (χ0v) is 17.8. The average Bonchev–Trinajstić information content (AvgIpc) is 3.27. The molecule has 0 atom stereocenters. The smallest absolute Gasteiger partial charge is 0.165 e. The van der Waals surface area contributed by atoms with Gasteiger partial charge in [-0.1, -0.05) is 18.2 Å². The maximum absolute atomic E-state index is 10.3. The van der Waals surface area contributed by atoms with Crippen LogP contribution in [-0.4, -0.2) is 46.2 Å². The standard InChI is InChI=1S/C24H24N4OS/c1-17-6-7-19-21(14-17)25-23(20-4-2-3-5-22(20)29)26-24(19)28-11-9-27(10-12-28)15-18-8-13-30-16-18/h2-8,13-14,16,29H,9-12,15H2,1H3. The van der Waals surface area contributed by atoms with Crippen LogP contribution in [0.3, 0.4) is 0 Å². The molecule has 1 fully saturated rings. The lowest BCUT2D eigenvalue weighted by atomic mass is 10.1. The summed E-state index contributed by atoms with van der Waals surface area (Å²) in [5, 5.41) is 15.8. The van der Waals surface area contributed by atoms with Gasteiger partial charge in [-0.3, -0.25) is 4.90 Å². The third-order valence-electron chi connectivity index (χ3n) is 5.64. The molecule has 0 saturated carbocycles. The third-order valence-corrected chi connectivity index (χ3v) is 6.37. The highest BCUT2D eigenvalue weighted by Crippen LogP contribution is 2.32. The number of piperazine rings is 1. The number of aromatic hydroxyl groups is 1. The number of nitrogens with zero attached hydrogens (tertiary/aromatic N) is 4. The van der Waals surface area contributed by atoms with E-state index in [0.717, 1.165) is 55.0 Å². The highest BCUT2D eigenvalue weighted by atomic mass is 32.1. The van der Waals surface area contributed by atoms with Gasteiger partial charge in [-0.05, 0) is 59.1 Å². The van der Waals surface area contributed by atoms with Gasteiger partial charge in [-0.15, -0.1) is 0 Å². The van der Waals surface area contributed by atoms with Crippen molar-refractivity contribution in [3.05, 3.63) is 70.4 Å². The normalized spacial score (nSPS) is 15.0. The second-order valence-corrected chi connectivity index (χ2v) is 8.58. The van der Waals surface area contributed by atoms with E-state index in [1.807, 2.05) is 18.2 Å². The Morgan fingerprint density at radius 1 is 1.00 bits per heavy atom. The lowest BCUT2D eigenvalue weighted by molar-refractivity contribution is 0.250. The van der Waals surface area contributed by atoms with E-state index < -0.39 is 0 Å². The summed E-state index contributed by atoms with van der Waals surface area (Å²) < 4.78 is 0. The van der Waals surface area contributed by atoms with Crippen molar-refractivity contribution in [1.82, 2.24) is 14.9 Å². The van der Waals surface area contributed by atoms with E-state index in [4.69, 9.17) is 9.97 Å². The fourth-order valence-electron chi connectivity index (χ4n) is 4.01. The van der Waals surface area contributed by atoms with Gasteiger partial charge in [0.25, 0.3) is 0 Å². The number of aryl methyl sites for hydroxylation is 1. The maximum atomic E-state index is 10.3. The van der Waals surface area contributed by atoms with E-state index >= 15 is 0 Å². The zero-order chi connectivity index (χ0) is 20.5. The summed E-state index contributed by atoms with van der Waals surface area (Å²) in [7, 11) is 0. The minimum atomic E-state index is 0.205. The van der Waals surface area contributed by atoms with Gasteiger partial charge in [0.15, 0.2) is 5.82 Å². The molecule has 6 heteroatoms. The molecule has 0 unspecified atom stereocenters. The van der Waals surface area contributed by atoms with Crippen molar-refractivity contribution in [3.8, 4) is 17.1 Å². The number of hydrogen-bond donors (Lipinski definition) is 1. The summed E-state index contributed by atoms with van der Waals surface area (Å²) in [6, 6.07) is 15.8. The van der Waals surface area contributed by atoms with E-state index in [9.17, 15) is 5.11 Å². The van der Waals surface area contributed by atoms with Crippen molar-refractivity contribution in [1.29, 1.82) is 0 Å². The number of rotatable bonds is 4. The predicted octanol–water partition coefficient (Wildman–Crippen LogP) is 4.69. The Morgan fingerprint density at radius 2 is 1.83 bits per heavy atom. The molecule has 4 aromatic rings. The number of aromatic nitrogens is 2. The molecular formula is C24H24N4OS. The number of phenols is 1. The topological polar surface area (TPSA) is 52.5 Å². The maximum Gasteiger partial charge on any atom is 0.165 e. The van der Waals surface area contributed by atoms with Crippen LogP contribution in [0.25, 0.3) is 22.3 Å². The first-order valence-corrected chi connectivity index (χ1v) is 11.2. The average molecular weight is 417 g/mol. The summed E-state index contributed by atoms with van der Waals surface area (Å²) in [5.74, 6) is 1.73. The number of phenolic OH excluding ortho intramolecular Hbond substituents is 1. The van der Waals surface area contributed by atoms with Gasteiger partial charge in [0.1, 0.15) is 11.6 Å². The molecule has 1 N–H and O–H groups in total. The minimum absolute atomic E-state index is 0.205. The predicted molar refractivity (Wildman–Crippen MR) is 123 cm³/mol. The van der Waals surface area contributed by atoms with Gasteiger partial charge in [0, 0.05) is 38.1 Å². The number of benzene rings is 2. The van der Waals surface area contributed by atoms with Crippen molar-refractivity contribution in [2.75, 3.05) is 31.1 Å². The molecule has 3 heterocycles. The molecule has 1 aliphatic rings. The molecule has 2 aromatic heterocycles. The third kappa shape index (κ3) is 3.76. The van der Waals surface area contributed by atoms with E-state index in [0.29, 0.717) is 11.4 Å². The van der Waals surface area contributed by atoms with Gasteiger partial charge in [0.05, 0.1) is 11.1 Å². The van der Waals surface area contributed by atoms with Crippen LogP contribution in [0.1, 0.15) is 11.1 Å². The Kier molecular flexibility index (Phi) is 5.11. The quantitative estimate of drug-likeness (QED) is 0.523. The van der Waals surface area contributed by atoms with Gasteiger partial charge in [-0.2, -0.15) is 11.3 Å². The molecule has 0 spiro atoms. The van der Waals surface area contributed by atoms with Crippen molar-refractivity contribution in [3.63, 3.8) is 0 Å². The van der Waals surface area contributed by atoms with Crippen LogP contribution in [-0.2, 0) is 6.54 Å². The largest absolute Gasteiger partial charge is 0.507 e. The van der Waals surface area contributed by atoms with Crippen LogP contribution in [0.4, 0.5) is 5.82 Å². The molecule has 30 heavy (non-hydrogen) atoms. The molecule has 0 aliphatic carbocycles. The van der Waals surface area contributed by atoms with Gasteiger partial charge in [0.2, 0.25) is 0 Å². The van der Waals surface area contributed by atoms with Gasteiger partial charge in [-0.25, -0.2) is 9.97 Å². The van der Waals surface area contributed by atoms with Gasteiger partial charge < -0.3 is 10.0 Å². The highest BCUT2D eigenvalue weighted by Gasteiger charge is 2.22. The second-order valence-electron chi connectivity index (χ2n) is 7.80. The Morgan fingerprint density at radius 3 is 2.60 bits per heavy atom. The van der Waals surface area contributed by atoms with E-state index in [1.54, 1.807) is 17.4 Å². The Bertz CT molecular complexity index is 1170. The number of thiophene rings is 1. The molecule has 152 valence electrons. The molecule has 0 radical (unpaired) electrons. The van der Waals surface area contributed by atoms with E-state index in [2.05, 4.69) is 51.7 Å². The Balaban J connectivity index is 1.48. The SMILES string of the molecule is Cc1ccc2c(N3CCN(Cc4ccsc4)CC3)nc(-c3ccccc3O)nc2c1. The van der Waals surface area contributed by atoms with Crippen LogP contribution < -0.4 is 4.90 Å². The number of para-hydroxylation sites is 1. The number of anilines is 1. The Hall–Kier alpha value is -2.96. The minimum Gasteiger partial charge on any atom is -0.507 e. The molecular weight excluding hydrogens is 392 g/mol. The van der Waals surface area contributed by atoms with Crippen molar-refractivity contribution in [2.45, 2.75) is 13.5 Å². The molecule has 5 nitrogen and oxygen atoms in total. The summed E-state index contributed by atoms with van der Waals surface area (Å²) >= 11 is 1.75. The monoisotopic (exact) mass is 416 g/mol. The number of fused-ring (bicyclic) bond motifs is 1. The molecule has 0 bridgehead atoms. The molecule has 1 aliphatic heterocycles. The molecule has 0 amide bonds. The molecule has 1 saturated heterocycles. The summed E-state index contributed by atoms with van der Waals surface area (Å²) in [6.45, 7) is 6.92. The summed E-state index contributed by atoms with van der Waals surface area (Å²) in [4.78, 5) is 14.6. The van der Waals surface area contributed by atoms with Crippen molar-refractivity contribution in [2.24, 2.45) is 0 Å². The molecule has 5 rings (SSSR count). The van der Waals surface area contributed by atoms with Gasteiger partial charge >= 0.3 is 0 Å². The van der Waals surface area contributed by atoms with Crippen molar-refractivity contribution >= 4 is 28.1 Å². The zero-order valence-electron chi connectivity index (χ0n) is 17.0. The lowest BCUT2D eigenvalue weighted by Crippen LogP contribution is -2.46. The van der Waals surface area contributed by atoms with E-state index in [-0.39, 0.29) is 5.75 Å². The van der Waals surface area contributed by atoms with Crippen LogP contribution in [0, 0.1) is 6.92 Å². The van der Waals surface area contributed by atoms with Crippen LogP contribution in [0.15, 0.2) is 59.3 Å².